The summed E-state index contributed by atoms with van der Waals surface area (Å²) in [6.45, 7) is 3.18. The van der Waals surface area contributed by atoms with Crippen molar-refractivity contribution in [1.82, 2.24) is 14.8 Å². The fraction of sp³-hybridized carbons (Fsp3) is 0.562. The van der Waals surface area contributed by atoms with Gasteiger partial charge in [0.15, 0.2) is 0 Å². The third-order valence-electron chi connectivity index (χ3n) is 4.57. The first-order valence-corrected chi connectivity index (χ1v) is 7.68. The minimum Gasteiger partial charge on any atom is -0.329 e. The number of nitrogens with zero attached hydrogens (tertiary/aromatic N) is 3. The molecule has 2 aliphatic heterocycles. The van der Waals surface area contributed by atoms with Gasteiger partial charge in [-0.15, -0.1) is 0 Å². The average molecular weight is 287 g/mol. The number of carbonyl (C=O) groups is 2. The first kappa shape index (κ1) is 14.0. The topological polar surface area (TPSA) is 53.5 Å². The van der Waals surface area contributed by atoms with Crippen molar-refractivity contribution < 1.29 is 9.59 Å². The largest absolute Gasteiger partial charge is 0.329 e. The number of hydrogen-bond acceptors (Lipinski definition) is 3. The molecule has 0 bridgehead atoms. The molecule has 0 aromatic carbocycles. The number of hydrogen-bond donors (Lipinski definition) is 0. The van der Waals surface area contributed by atoms with Crippen LogP contribution in [0.1, 0.15) is 31.7 Å². The molecule has 2 amide bonds. The van der Waals surface area contributed by atoms with E-state index in [9.17, 15) is 9.59 Å². The summed E-state index contributed by atoms with van der Waals surface area (Å²) in [5.74, 6) is 0.227. The molecule has 5 heteroatoms. The number of carbonyl (C=O) groups excluding carboxylic acids is 2. The lowest BCUT2D eigenvalue weighted by Gasteiger charge is -2.46. The second-order valence-corrected chi connectivity index (χ2v) is 5.86. The zero-order valence-electron chi connectivity index (χ0n) is 12.4. The summed E-state index contributed by atoms with van der Waals surface area (Å²) in [5.41, 5.74) is 1.14. The number of rotatable bonds is 3. The monoisotopic (exact) mass is 287 g/mol. The fourth-order valence-corrected chi connectivity index (χ4v) is 3.31. The van der Waals surface area contributed by atoms with Gasteiger partial charge in [-0.2, -0.15) is 0 Å². The maximum atomic E-state index is 12.7. The second kappa shape index (κ2) is 5.84. The van der Waals surface area contributed by atoms with Crippen LogP contribution in [0, 0.1) is 0 Å². The molecular weight excluding hydrogens is 266 g/mol. The molecule has 112 valence electrons. The lowest BCUT2D eigenvalue weighted by atomic mass is 9.95. The van der Waals surface area contributed by atoms with Gasteiger partial charge in [-0.05, 0) is 50.3 Å². The molecule has 2 aliphatic rings. The van der Waals surface area contributed by atoms with Gasteiger partial charge in [0.05, 0.1) is 0 Å². The third-order valence-corrected chi connectivity index (χ3v) is 4.57. The normalized spacial score (nSPS) is 26.0. The second-order valence-electron chi connectivity index (χ2n) is 5.86. The average Bonchev–Trinajstić information content (AvgIpc) is 2.54. The van der Waals surface area contributed by atoms with E-state index in [4.69, 9.17) is 0 Å². The summed E-state index contributed by atoms with van der Waals surface area (Å²) in [6.07, 6.45) is 7.13. The molecule has 1 aromatic heterocycles. The molecule has 2 saturated heterocycles. The van der Waals surface area contributed by atoms with E-state index in [0.29, 0.717) is 6.54 Å². The maximum absolute atomic E-state index is 12.7. The first-order chi connectivity index (χ1) is 10.2. The number of amides is 2. The van der Waals surface area contributed by atoms with Crippen molar-refractivity contribution in [2.45, 2.75) is 44.7 Å². The van der Waals surface area contributed by atoms with Crippen LogP contribution in [0.3, 0.4) is 0 Å². The number of fused-ring (bicyclic) bond motifs is 1. The van der Waals surface area contributed by atoms with Crippen molar-refractivity contribution in [3.8, 4) is 0 Å². The molecule has 5 nitrogen and oxygen atoms in total. The van der Waals surface area contributed by atoms with E-state index < -0.39 is 0 Å². The zero-order valence-corrected chi connectivity index (χ0v) is 12.4. The standard InChI is InChI=1S/C16H21N3O2/c1-12-15(20)19-10-3-2-4-14(19)16(21)18(12)11-7-13-5-8-17-9-6-13/h5-6,8-9,12,14H,2-4,7,10-11H2,1H3. The lowest BCUT2D eigenvalue weighted by Crippen LogP contribution is -2.65. The Morgan fingerprint density at radius 1 is 1.19 bits per heavy atom. The summed E-state index contributed by atoms with van der Waals surface area (Å²) < 4.78 is 0. The van der Waals surface area contributed by atoms with Gasteiger partial charge in [0, 0.05) is 25.5 Å². The molecule has 0 spiro atoms. The van der Waals surface area contributed by atoms with E-state index in [1.54, 1.807) is 22.2 Å². The molecule has 2 fully saturated rings. The fourth-order valence-electron chi connectivity index (χ4n) is 3.31. The predicted octanol–water partition coefficient (Wildman–Crippen LogP) is 1.24. The van der Waals surface area contributed by atoms with Gasteiger partial charge < -0.3 is 9.80 Å². The van der Waals surface area contributed by atoms with Gasteiger partial charge in [0.2, 0.25) is 11.8 Å². The van der Waals surface area contributed by atoms with Crippen LogP contribution < -0.4 is 0 Å². The lowest BCUT2D eigenvalue weighted by molar-refractivity contribution is -0.162. The van der Waals surface area contributed by atoms with E-state index in [1.807, 2.05) is 19.1 Å². The van der Waals surface area contributed by atoms with Crippen LogP contribution >= 0.6 is 0 Å². The summed E-state index contributed by atoms with van der Waals surface area (Å²) in [6, 6.07) is 3.34. The smallest absolute Gasteiger partial charge is 0.246 e. The van der Waals surface area contributed by atoms with Crippen LogP contribution in [-0.2, 0) is 16.0 Å². The Balaban J connectivity index is 1.72. The Morgan fingerprint density at radius 2 is 1.95 bits per heavy atom. The Labute approximate surface area is 124 Å². The van der Waals surface area contributed by atoms with Gasteiger partial charge in [0.1, 0.15) is 12.1 Å². The van der Waals surface area contributed by atoms with Crippen molar-refractivity contribution in [2.75, 3.05) is 13.1 Å². The molecule has 3 rings (SSSR count). The zero-order chi connectivity index (χ0) is 14.8. The van der Waals surface area contributed by atoms with E-state index >= 15 is 0 Å². The molecule has 0 N–H and O–H groups in total. The number of piperazine rings is 1. The van der Waals surface area contributed by atoms with Gasteiger partial charge in [0.25, 0.3) is 0 Å². The van der Waals surface area contributed by atoms with Crippen molar-refractivity contribution in [3.05, 3.63) is 30.1 Å². The molecule has 21 heavy (non-hydrogen) atoms. The van der Waals surface area contributed by atoms with Crippen LogP contribution in [-0.4, -0.2) is 51.8 Å². The van der Waals surface area contributed by atoms with E-state index in [0.717, 1.165) is 37.8 Å². The Hall–Kier alpha value is -1.91. The van der Waals surface area contributed by atoms with E-state index in [2.05, 4.69) is 4.98 Å². The number of piperidine rings is 1. The first-order valence-electron chi connectivity index (χ1n) is 7.68. The number of aromatic nitrogens is 1. The SMILES string of the molecule is CC1C(=O)N2CCCCC2C(=O)N1CCc1ccncc1. The quantitative estimate of drug-likeness (QED) is 0.840. The van der Waals surface area contributed by atoms with Crippen LogP contribution in [0.4, 0.5) is 0 Å². The van der Waals surface area contributed by atoms with E-state index in [-0.39, 0.29) is 23.9 Å². The Bertz CT molecular complexity index is 532. The van der Waals surface area contributed by atoms with Gasteiger partial charge in [-0.3, -0.25) is 14.6 Å². The highest BCUT2D eigenvalue weighted by atomic mass is 16.2. The van der Waals surface area contributed by atoms with Crippen LogP contribution in [0.2, 0.25) is 0 Å². The van der Waals surface area contributed by atoms with Crippen LogP contribution in [0.15, 0.2) is 24.5 Å². The number of pyridine rings is 1. The molecule has 0 radical (unpaired) electrons. The molecule has 2 atom stereocenters. The summed E-state index contributed by atoms with van der Waals surface area (Å²) in [5, 5.41) is 0. The van der Waals surface area contributed by atoms with Crippen molar-refractivity contribution >= 4 is 11.8 Å². The third kappa shape index (κ3) is 2.64. The van der Waals surface area contributed by atoms with Gasteiger partial charge in [-0.1, -0.05) is 0 Å². The Morgan fingerprint density at radius 3 is 2.71 bits per heavy atom. The molecule has 1 aromatic rings. The van der Waals surface area contributed by atoms with Gasteiger partial charge >= 0.3 is 0 Å². The van der Waals surface area contributed by atoms with Crippen molar-refractivity contribution in [2.24, 2.45) is 0 Å². The highest BCUT2D eigenvalue weighted by Crippen LogP contribution is 2.26. The summed E-state index contributed by atoms with van der Waals surface area (Å²) >= 11 is 0. The molecule has 2 unspecified atom stereocenters. The maximum Gasteiger partial charge on any atom is 0.246 e. The van der Waals surface area contributed by atoms with Crippen molar-refractivity contribution in [1.29, 1.82) is 0 Å². The summed E-state index contributed by atoms with van der Waals surface area (Å²) in [4.78, 5) is 32.7. The van der Waals surface area contributed by atoms with Crippen molar-refractivity contribution in [3.63, 3.8) is 0 Å². The minimum absolute atomic E-state index is 0.106. The van der Waals surface area contributed by atoms with Crippen LogP contribution in [0.25, 0.3) is 0 Å². The Kier molecular flexibility index (Phi) is 3.90. The highest BCUT2D eigenvalue weighted by molar-refractivity contribution is 5.96. The summed E-state index contributed by atoms with van der Waals surface area (Å²) in [7, 11) is 0. The van der Waals surface area contributed by atoms with Crippen LogP contribution in [0.5, 0.6) is 0 Å². The van der Waals surface area contributed by atoms with Gasteiger partial charge in [-0.25, -0.2) is 0 Å². The predicted molar refractivity (Wildman–Crippen MR) is 78.5 cm³/mol. The minimum atomic E-state index is -0.339. The highest BCUT2D eigenvalue weighted by Gasteiger charge is 2.44. The molecular formula is C16H21N3O2. The molecule has 3 heterocycles. The molecule has 0 aliphatic carbocycles. The van der Waals surface area contributed by atoms with E-state index in [1.165, 1.54) is 0 Å². The molecule has 0 saturated carbocycles.